The van der Waals surface area contributed by atoms with Crippen LogP contribution in [-0.2, 0) is 21.4 Å². The van der Waals surface area contributed by atoms with Crippen LogP contribution in [0.4, 0.5) is 5.69 Å². The van der Waals surface area contributed by atoms with Crippen LogP contribution in [0.5, 0.6) is 0 Å². The van der Waals surface area contributed by atoms with Crippen molar-refractivity contribution in [1.29, 1.82) is 0 Å². The molecule has 0 saturated heterocycles. The zero-order valence-corrected chi connectivity index (χ0v) is 15.3. The third-order valence-electron chi connectivity index (χ3n) is 6.15. The molecular formula is C20H30N2O2. The number of hydrogen-bond acceptors (Lipinski definition) is 2. The fraction of sp³-hybridized carbons (Fsp3) is 0.600. The normalized spacial score (nSPS) is 30.9. The molecule has 3 rings (SSSR count). The van der Waals surface area contributed by atoms with Gasteiger partial charge in [-0.3, -0.25) is 9.59 Å². The summed E-state index contributed by atoms with van der Waals surface area (Å²) in [7, 11) is 0. The zero-order chi connectivity index (χ0) is 18.0. The molecule has 0 heterocycles. The number of aryl methyl sites for hydroxylation is 1. The third kappa shape index (κ3) is 2.83. The maximum atomic E-state index is 12.1. The topological polar surface area (TPSA) is 72.2 Å². The summed E-state index contributed by atoms with van der Waals surface area (Å²) in [6.45, 7) is 8.30. The van der Waals surface area contributed by atoms with Crippen molar-refractivity contribution in [2.75, 3.05) is 5.32 Å². The summed E-state index contributed by atoms with van der Waals surface area (Å²) in [5.41, 5.74) is 8.73. The molecule has 2 aliphatic rings. The molecular weight excluding hydrogens is 300 g/mol. The van der Waals surface area contributed by atoms with Crippen molar-refractivity contribution in [3.63, 3.8) is 0 Å². The van der Waals surface area contributed by atoms with Crippen molar-refractivity contribution in [3.05, 3.63) is 29.3 Å². The van der Waals surface area contributed by atoms with Gasteiger partial charge in [0, 0.05) is 11.1 Å². The van der Waals surface area contributed by atoms with Gasteiger partial charge < -0.3 is 11.1 Å². The summed E-state index contributed by atoms with van der Waals surface area (Å²) in [5.74, 6) is 0.0966. The first-order valence-electron chi connectivity index (χ1n) is 9.05. The monoisotopic (exact) mass is 330 g/mol. The molecule has 0 radical (unpaired) electrons. The Balaban J connectivity index is 0.00000100. The van der Waals surface area contributed by atoms with Crippen LogP contribution in [0.1, 0.15) is 64.5 Å². The molecule has 3 N–H and O–H groups in total. The van der Waals surface area contributed by atoms with E-state index in [2.05, 4.69) is 24.4 Å². The Kier molecular flexibility index (Phi) is 5.36. The predicted octanol–water partition coefficient (Wildman–Crippen LogP) is 3.78. The van der Waals surface area contributed by atoms with Gasteiger partial charge in [0.05, 0.1) is 0 Å². The molecule has 1 fully saturated rings. The lowest BCUT2D eigenvalue weighted by atomic mass is 9.49. The molecule has 4 nitrogen and oxygen atoms in total. The van der Waals surface area contributed by atoms with E-state index in [1.807, 2.05) is 26.8 Å². The van der Waals surface area contributed by atoms with E-state index >= 15 is 0 Å². The first-order chi connectivity index (χ1) is 11.4. The second kappa shape index (κ2) is 6.96. The summed E-state index contributed by atoms with van der Waals surface area (Å²) >= 11 is 0. The van der Waals surface area contributed by atoms with Crippen LogP contribution in [0.2, 0.25) is 0 Å². The maximum absolute atomic E-state index is 12.1. The Morgan fingerprint density at radius 3 is 2.62 bits per heavy atom. The molecule has 0 spiro atoms. The van der Waals surface area contributed by atoms with Gasteiger partial charge in [0.25, 0.3) is 0 Å². The lowest BCUT2D eigenvalue weighted by Crippen LogP contribution is -2.54. The van der Waals surface area contributed by atoms with E-state index in [9.17, 15) is 9.59 Å². The van der Waals surface area contributed by atoms with E-state index in [0.29, 0.717) is 6.41 Å². The minimum atomic E-state index is -0.432. The van der Waals surface area contributed by atoms with Gasteiger partial charge in [-0.05, 0) is 60.3 Å². The molecule has 1 aromatic rings. The number of nitrogens with two attached hydrogens (primary N) is 1. The number of carbonyl (C=O) groups excluding carboxylic acids is 2. The average molecular weight is 330 g/mol. The van der Waals surface area contributed by atoms with Crippen molar-refractivity contribution in [2.45, 2.75) is 65.2 Å². The highest BCUT2D eigenvalue weighted by atomic mass is 16.1. The molecule has 0 aliphatic heterocycles. The number of benzene rings is 1. The number of hydrogen-bond donors (Lipinski definition) is 2. The van der Waals surface area contributed by atoms with E-state index in [1.54, 1.807) is 0 Å². The number of anilines is 1. The van der Waals surface area contributed by atoms with Gasteiger partial charge in [0.1, 0.15) is 0 Å². The number of fused-ring (bicyclic) bond motifs is 3. The average Bonchev–Trinajstić information content (AvgIpc) is 2.57. The molecule has 1 aromatic carbocycles. The van der Waals surface area contributed by atoms with Crippen LogP contribution in [0.3, 0.4) is 0 Å². The summed E-state index contributed by atoms with van der Waals surface area (Å²) < 4.78 is 0. The van der Waals surface area contributed by atoms with Gasteiger partial charge in [-0.25, -0.2) is 0 Å². The van der Waals surface area contributed by atoms with Crippen LogP contribution in [0.15, 0.2) is 18.2 Å². The number of amides is 2. The fourth-order valence-corrected chi connectivity index (χ4v) is 4.91. The molecule has 4 heteroatoms. The van der Waals surface area contributed by atoms with Crippen LogP contribution in [0.25, 0.3) is 0 Å². The fourth-order valence-electron chi connectivity index (χ4n) is 4.91. The molecule has 2 aliphatic carbocycles. The molecule has 3 unspecified atom stereocenters. The summed E-state index contributed by atoms with van der Waals surface area (Å²) in [5, 5.41) is 2.74. The molecule has 132 valence electrons. The summed E-state index contributed by atoms with van der Waals surface area (Å²) in [6.07, 6.45) is 5.64. The van der Waals surface area contributed by atoms with Gasteiger partial charge in [-0.1, -0.05) is 40.2 Å². The Morgan fingerprint density at radius 2 is 2.00 bits per heavy atom. The molecule has 0 bridgehead atoms. The second-order valence-corrected chi connectivity index (χ2v) is 7.28. The van der Waals surface area contributed by atoms with Gasteiger partial charge >= 0.3 is 0 Å². The lowest BCUT2D eigenvalue weighted by molar-refractivity contribution is -0.135. The van der Waals surface area contributed by atoms with E-state index in [4.69, 9.17) is 5.73 Å². The maximum Gasteiger partial charge on any atom is 0.223 e. The number of nitrogens with one attached hydrogen (secondary N) is 1. The van der Waals surface area contributed by atoms with Crippen molar-refractivity contribution < 1.29 is 9.59 Å². The second-order valence-electron chi connectivity index (χ2n) is 7.28. The Hall–Kier alpha value is -1.84. The van der Waals surface area contributed by atoms with E-state index in [1.165, 1.54) is 11.1 Å². The Labute approximate surface area is 145 Å². The highest BCUT2D eigenvalue weighted by Gasteiger charge is 2.54. The predicted molar refractivity (Wildman–Crippen MR) is 97.8 cm³/mol. The molecule has 0 aromatic heterocycles. The minimum Gasteiger partial charge on any atom is -0.369 e. The first kappa shape index (κ1) is 18.5. The standard InChI is InChI=1S/C18H24N2O2.C2H6/c1-17-8-3-9-18(2,16(19)22)15(17)7-5-12-4-6-13(20-11-21)10-14(12)17;1-2/h4,6,10-11,15H,3,5,7-9H2,1-2H3,(H2,19,22)(H,20,21);1-2H3. The van der Waals surface area contributed by atoms with Crippen LogP contribution < -0.4 is 11.1 Å². The molecule has 2 amide bonds. The molecule has 24 heavy (non-hydrogen) atoms. The van der Waals surface area contributed by atoms with Gasteiger partial charge in [0.2, 0.25) is 12.3 Å². The minimum absolute atomic E-state index is 0.0454. The molecule has 3 atom stereocenters. The summed E-state index contributed by atoms with van der Waals surface area (Å²) in [4.78, 5) is 22.8. The SMILES string of the molecule is CC.CC1(C(N)=O)CCCC2(C)c3cc(NC=O)ccc3CCC12. The Bertz CT molecular complexity index is 628. The quantitative estimate of drug-likeness (QED) is 0.828. The van der Waals surface area contributed by atoms with Gasteiger partial charge in [-0.2, -0.15) is 0 Å². The third-order valence-corrected chi connectivity index (χ3v) is 6.15. The van der Waals surface area contributed by atoms with Crippen molar-refractivity contribution in [3.8, 4) is 0 Å². The van der Waals surface area contributed by atoms with Crippen LogP contribution >= 0.6 is 0 Å². The van der Waals surface area contributed by atoms with Crippen molar-refractivity contribution >= 4 is 18.0 Å². The highest BCUT2D eigenvalue weighted by molar-refractivity contribution is 5.81. The lowest BCUT2D eigenvalue weighted by Gasteiger charge is -2.54. The largest absolute Gasteiger partial charge is 0.369 e. The van der Waals surface area contributed by atoms with Gasteiger partial charge in [0.15, 0.2) is 0 Å². The zero-order valence-electron chi connectivity index (χ0n) is 15.3. The summed E-state index contributed by atoms with van der Waals surface area (Å²) in [6, 6.07) is 6.15. The van der Waals surface area contributed by atoms with E-state index < -0.39 is 5.41 Å². The van der Waals surface area contributed by atoms with Crippen LogP contribution in [0, 0.1) is 11.3 Å². The number of rotatable bonds is 3. The molecule has 1 saturated carbocycles. The number of primary amides is 1. The van der Waals surface area contributed by atoms with E-state index in [0.717, 1.165) is 37.8 Å². The highest BCUT2D eigenvalue weighted by Crippen LogP contribution is 2.57. The van der Waals surface area contributed by atoms with Crippen molar-refractivity contribution in [1.82, 2.24) is 0 Å². The smallest absolute Gasteiger partial charge is 0.223 e. The van der Waals surface area contributed by atoms with Gasteiger partial charge in [-0.15, -0.1) is 0 Å². The van der Waals surface area contributed by atoms with Crippen LogP contribution in [-0.4, -0.2) is 12.3 Å². The van der Waals surface area contributed by atoms with E-state index in [-0.39, 0.29) is 17.2 Å². The first-order valence-corrected chi connectivity index (χ1v) is 9.05. The Morgan fingerprint density at radius 1 is 1.29 bits per heavy atom. The van der Waals surface area contributed by atoms with Crippen molar-refractivity contribution in [2.24, 2.45) is 17.1 Å². The number of carbonyl (C=O) groups is 2.